The Morgan fingerprint density at radius 3 is 2.83 bits per heavy atom. The monoisotopic (exact) mass is 251 g/mol. The minimum absolute atomic E-state index is 0.0899. The number of nitrogens with one attached hydrogen (secondary N) is 1. The Hall–Kier alpha value is -1.69. The highest BCUT2D eigenvalue weighted by Gasteiger charge is 2.16. The molecular formula is C12H17N3O3. The van der Waals surface area contributed by atoms with E-state index in [0.29, 0.717) is 11.9 Å². The van der Waals surface area contributed by atoms with E-state index in [4.69, 9.17) is 4.74 Å². The normalized spacial score (nSPS) is 16.3. The predicted octanol–water partition coefficient (Wildman–Crippen LogP) is 1.16. The number of hydrogen-bond acceptors (Lipinski definition) is 6. The van der Waals surface area contributed by atoms with Gasteiger partial charge < -0.3 is 14.8 Å². The number of ether oxygens (including phenoxy) is 2. The van der Waals surface area contributed by atoms with E-state index in [2.05, 4.69) is 20.0 Å². The van der Waals surface area contributed by atoms with Gasteiger partial charge in [0.05, 0.1) is 7.11 Å². The fourth-order valence-electron chi connectivity index (χ4n) is 1.88. The largest absolute Gasteiger partial charge is 0.463 e. The standard InChI is InChI=1S/C12H17N3O3/c1-8-7-10(14-9-3-5-18-6-4-9)15-11(13-8)12(16)17-2/h7,9H,3-6H2,1-2H3,(H,13,14,15). The number of rotatable bonds is 3. The molecule has 0 unspecified atom stereocenters. The second kappa shape index (κ2) is 5.77. The molecule has 1 aromatic heterocycles. The molecule has 0 radical (unpaired) electrons. The third-order valence-corrected chi connectivity index (χ3v) is 2.80. The number of methoxy groups -OCH3 is 1. The van der Waals surface area contributed by atoms with Gasteiger partial charge in [-0.15, -0.1) is 0 Å². The Balaban J connectivity index is 2.11. The lowest BCUT2D eigenvalue weighted by Gasteiger charge is -2.23. The number of anilines is 1. The van der Waals surface area contributed by atoms with Gasteiger partial charge in [-0.1, -0.05) is 0 Å². The van der Waals surface area contributed by atoms with E-state index < -0.39 is 5.97 Å². The molecule has 0 saturated carbocycles. The van der Waals surface area contributed by atoms with Crippen LogP contribution in [0.4, 0.5) is 5.82 Å². The average Bonchev–Trinajstić information content (AvgIpc) is 2.38. The van der Waals surface area contributed by atoms with Crippen LogP contribution < -0.4 is 5.32 Å². The molecule has 1 fully saturated rings. The van der Waals surface area contributed by atoms with Crippen LogP contribution in [0.3, 0.4) is 0 Å². The van der Waals surface area contributed by atoms with E-state index >= 15 is 0 Å². The summed E-state index contributed by atoms with van der Waals surface area (Å²) in [5, 5.41) is 3.30. The summed E-state index contributed by atoms with van der Waals surface area (Å²) in [5.41, 5.74) is 0.736. The highest BCUT2D eigenvalue weighted by molar-refractivity contribution is 5.85. The second-order valence-corrected chi connectivity index (χ2v) is 4.24. The maximum absolute atomic E-state index is 11.4. The first-order chi connectivity index (χ1) is 8.69. The lowest BCUT2D eigenvalue weighted by atomic mass is 10.1. The minimum atomic E-state index is -0.520. The van der Waals surface area contributed by atoms with Crippen molar-refractivity contribution in [1.29, 1.82) is 0 Å². The summed E-state index contributed by atoms with van der Waals surface area (Å²) >= 11 is 0. The van der Waals surface area contributed by atoms with Crippen LogP contribution in [0.25, 0.3) is 0 Å². The molecule has 0 spiro atoms. The van der Waals surface area contributed by atoms with Gasteiger partial charge in [0, 0.05) is 31.0 Å². The van der Waals surface area contributed by atoms with Crippen molar-refractivity contribution < 1.29 is 14.3 Å². The maximum Gasteiger partial charge on any atom is 0.376 e. The first-order valence-electron chi connectivity index (χ1n) is 5.97. The molecule has 6 heteroatoms. The van der Waals surface area contributed by atoms with Crippen LogP contribution in [0.1, 0.15) is 29.2 Å². The van der Waals surface area contributed by atoms with Crippen LogP contribution in [0.5, 0.6) is 0 Å². The molecular weight excluding hydrogens is 234 g/mol. The van der Waals surface area contributed by atoms with Crippen LogP contribution in [0, 0.1) is 6.92 Å². The number of aromatic nitrogens is 2. The van der Waals surface area contributed by atoms with Crippen molar-refractivity contribution in [3.63, 3.8) is 0 Å². The first-order valence-corrected chi connectivity index (χ1v) is 5.97. The average molecular weight is 251 g/mol. The fraction of sp³-hybridized carbons (Fsp3) is 0.583. The first kappa shape index (κ1) is 12.8. The summed E-state index contributed by atoms with van der Waals surface area (Å²) in [5.74, 6) is 0.232. The number of nitrogens with zero attached hydrogens (tertiary/aromatic N) is 2. The molecule has 1 N–H and O–H groups in total. The van der Waals surface area contributed by atoms with E-state index in [1.807, 2.05) is 13.0 Å². The highest BCUT2D eigenvalue weighted by atomic mass is 16.5. The topological polar surface area (TPSA) is 73.3 Å². The van der Waals surface area contributed by atoms with E-state index in [9.17, 15) is 4.79 Å². The smallest absolute Gasteiger partial charge is 0.376 e. The number of carbonyl (C=O) groups is 1. The molecule has 1 aliphatic heterocycles. The third kappa shape index (κ3) is 3.16. The zero-order valence-corrected chi connectivity index (χ0v) is 10.6. The zero-order chi connectivity index (χ0) is 13.0. The van der Waals surface area contributed by atoms with Crippen molar-refractivity contribution in [3.05, 3.63) is 17.6 Å². The minimum Gasteiger partial charge on any atom is -0.463 e. The Labute approximate surface area is 106 Å². The van der Waals surface area contributed by atoms with Crippen LogP contribution in [-0.2, 0) is 9.47 Å². The summed E-state index contributed by atoms with van der Waals surface area (Å²) in [6.45, 7) is 3.33. The van der Waals surface area contributed by atoms with Gasteiger partial charge in [-0.3, -0.25) is 0 Å². The molecule has 18 heavy (non-hydrogen) atoms. The molecule has 1 saturated heterocycles. The van der Waals surface area contributed by atoms with Gasteiger partial charge >= 0.3 is 5.97 Å². The van der Waals surface area contributed by atoms with Crippen LogP contribution in [0.2, 0.25) is 0 Å². The summed E-state index contributed by atoms with van der Waals surface area (Å²) in [6.07, 6.45) is 1.88. The molecule has 0 aromatic carbocycles. The molecule has 2 rings (SSSR count). The molecule has 6 nitrogen and oxygen atoms in total. The van der Waals surface area contributed by atoms with E-state index in [1.54, 1.807) is 0 Å². The van der Waals surface area contributed by atoms with Crippen molar-refractivity contribution in [2.75, 3.05) is 25.6 Å². The number of hydrogen-bond donors (Lipinski definition) is 1. The van der Waals surface area contributed by atoms with Crippen molar-refractivity contribution >= 4 is 11.8 Å². The Morgan fingerprint density at radius 2 is 2.17 bits per heavy atom. The lowest BCUT2D eigenvalue weighted by molar-refractivity contribution is 0.0586. The molecule has 0 bridgehead atoms. The molecule has 0 atom stereocenters. The van der Waals surface area contributed by atoms with Crippen molar-refractivity contribution in [1.82, 2.24) is 9.97 Å². The molecule has 1 aliphatic rings. The van der Waals surface area contributed by atoms with Crippen molar-refractivity contribution in [2.24, 2.45) is 0 Å². The SMILES string of the molecule is COC(=O)c1nc(C)cc(NC2CCOCC2)n1. The van der Waals surface area contributed by atoms with Crippen LogP contribution >= 0.6 is 0 Å². The van der Waals surface area contributed by atoms with Crippen LogP contribution in [0.15, 0.2) is 6.07 Å². The third-order valence-electron chi connectivity index (χ3n) is 2.80. The summed E-state index contributed by atoms with van der Waals surface area (Å²) < 4.78 is 9.92. The van der Waals surface area contributed by atoms with Gasteiger partial charge in [-0.2, -0.15) is 0 Å². The van der Waals surface area contributed by atoms with Gasteiger partial charge in [-0.25, -0.2) is 14.8 Å². The summed E-state index contributed by atoms with van der Waals surface area (Å²) in [7, 11) is 1.32. The van der Waals surface area contributed by atoms with Crippen molar-refractivity contribution in [3.8, 4) is 0 Å². The Morgan fingerprint density at radius 1 is 1.44 bits per heavy atom. The lowest BCUT2D eigenvalue weighted by Crippen LogP contribution is -2.28. The maximum atomic E-state index is 11.4. The van der Waals surface area contributed by atoms with Gasteiger partial charge in [-0.05, 0) is 19.8 Å². The quantitative estimate of drug-likeness (QED) is 0.813. The summed E-state index contributed by atoms with van der Waals surface area (Å²) in [4.78, 5) is 19.6. The van der Waals surface area contributed by atoms with Gasteiger partial charge in [0.25, 0.3) is 0 Å². The fourth-order valence-corrected chi connectivity index (χ4v) is 1.88. The molecule has 98 valence electrons. The highest BCUT2D eigenvalue weighted by Crippen LogP contribution is 2.14. The molecule has 1 aromatic rings. The van der Waals surface area contributed by atoms with Crippen molar-refractivity contribution in [2.45, 2.75) is 25.8 Å². The van der Waals surface area contributed by atoms with E-state index in [0.717, 1.165) is 31.7 Å². The molecule has 0 amide bonds. The number of aryl methyl sites for hydroxylation is 1. The van der Waals surface area contributed by atoms with Gasteiger partial charge in [0.15, 0.2) is 0 Å². The van der Waals surface area contributed by atoms with Gasteiger partial charge in [0.1, 0.15) is 5.82 Å². The van der Waals surface area contributed by atoms with E-state index in [-0.39, 0.29) is 5.82 Å². The van der Waals surface area contributed by atoms with E-state index in [1.165, 1.54) is 7.11 Å². The zero-order valence-electron chi connectivity index (χ0n) is 10.6. The molecule has 2 heterocycles. The Kier molecular flexibility index (Phi) is 4.09. The predicted molar refractivity (Wildman–Crippen MR) is 65.6 cm³/mol. The second-order valence-electron chi connectivity index (χ2n) is 4.24. The summed E-state index contributed by atoms with van der Waals surface area (Å²) in [6, 6.07) is 2.15. The van der Waals surface area contributed by atoms with Crippen LogP contribution in [-0.4, -0.2) is 42.3 Å². The Bertz CT molecular complexity index is 431. The molecule has 0 aliphatic carbocycles. The number of esters is 1. The number of carbonyl (C=O) groups excluding carboxylic acids is 1. The van der Waals surface area contributed by atoms with Gasteiger partial charge in [0.2, 0.25) is 5.82 Å².